The van der Waals surface area contributed by atoms with Gasteiger partial charge in [0.25, 0.3) is 23.0 Å². The molecule has 0 radical (unpaired) electrons. The predicted molar refractivity (Wildman–Crippen MR) is 85.8 cm³/mol. The van der Waals surface area contributed by atoms with Gasteiger partial charge in [-0.05, 0) is 6.07 Å². The van der Waals surface area contributed by atoms with Crippen LogP contribution in [0.3, 0.4) is 0 Å². The van der Waals surface area contributed by atoms with Crippen LogP contribution in [-0.2, 0) is 0 Å². The van der Waals surface area contributed by atoms with Gasteiger partial charge in [-0.25, -0.2) is 4.39 Å². The molecule has 0 fully saturated rings. The van der Waals surface area contributed by atoms with Crippen molar-refractivity contribution in [2.75, 3.05) is 5.32 Å². The van der Waals surface area contributed by atoms with Crippen LogP contribution in [0.4, 0.5) is 27.1 Å². The van der Waals surface area contributed by atoms with E-state index in [1.54, 1.807) is 0 Å². The summed E-state index contributed by atoms with van der Waals surface area (Å²) in [5, 5.41) is 33.8. The summed E-state index contributed by atoms with van der Waals surface area (Å²) in [6.45, 7) is 0. The van der Waals surface area contributed by atoms with Crippen molar-refractivity contribution in [3.8, 4) is 0 Å². The topological polar surface area (TPSA) is 159 Å². The number of hydrogen-bond acceptors (Lipinski definition) is 7. The second kappa shape index (κ2) is 7.06. The van der Waals surface area contributed by atoms with E-state index in [4.69, 9.17) is 11.6 Å². The van der Waals surface area contributed by atoms with E-state index in [-0.39, 0.29) is 0 Å². The van der Waals surface area contributed by atoms with Crippen LogP contribution in [0.5, 0.6) is 0 Å². The third-order valence-corrected chi connectivity index (χ3v) is 3.50. The maximum atomic E-state index is 13.7. The highest BCUT2D eigenvalue weighted by Gasteiger charge is 2.27. The highest BCUT2D eigenvalue weighted by Crippen LogP contribution is 2.33. The van der Waals surface area contributed by atoms with Crippen molar-refractivity contribution in [2.24, 2.45) is 0 Å². The van der Waals surface area contributed by atoms with Crippen molar-refractivity contribution in [1.82, 2.24) is 0 Å². The van der Waals surface area contributed by atoms with Crippen molar-refractivity contribution in [1.29, 1.82) is 0 Å². The predicted octanol–water partition coefficient (Wildman–Crippen LogP) is 3.46. The Labute approximate surface area is 147 Å². The molecule has 13 heteroatoms. The number of hydrogen-bond donors (Lipinski definition) is 1. The Hall–Kier alpha value is -3.67. The van der Waals surface area contributed by atoms with E-state index in [0.717, 1.165) is 12.1 Å². The lowest BCUT2D eigenvalue weighted by molar-refractivity contribution is -0.394. The number of nitrogens with one attached hydrogen (secondary N) is 1. The maximum Gasteiger partial charge on any atom is 0.295 e. The lowest BCUT2D eigenvalue weighted by Crippen LogP contribution is -2.15. The average Bonchev–Trinajstić information content (AvgIpc) is 2.56. The molecular formula is C13H6ClFN4O7. The SMILES string of the molecule is O=C(Nc1cc([N+](=O)[O-])ccc1F)c1cc([N+](=O)[O-])cc([N+](=O)[O-])c1Cl. The zero-order chi connectivity index (χ0) is 19.6. The van der Waals surface area contributed by atoms with Crippen molar-refractivity contribution in [2.45, 2.75) is 0 Å². The van der Waals surface area contributed by atoms with Gasteiger partial charge in [0.2, 0.25) is 0 Å². The molecule has 11 nitrogen and oxygen atoms in total. The number of rotatable bonds is 5. The minimum absolute atomic E-state index is 0.530. The maximum absolute atomic E-state index is 13.7. The zero-order valence-electron chi connectivity index (χ0n) is 12.3. The Bertz CT molecular complexity index is 966. The van der Waals surface area contributed by atoms with Crippen LogP contribution in [0.2, 0.25) is 5.02 Å². The molecule has 1 amide bonds. The van der Waals surface area contributed by atoms with Gasteiger partial charge in [0, 0.05) is 18.2 Å². The first-order chi connectivity index (χ1) is 12.1. The molecule has 0 aliphatic carbocycles. The molecule has 0 bridgehead atoms. The summed E-state index contributed by atoms with van der Waals surface area (Å²) in [7, 11) is 0. The summed E-state index contributed by atoms with van der Waals surface area (Å²) in [5.41, 5.74) is -3.48. The number of anilines is 1. The molecule has 2 aromatic carbocycles. The molecule has 0 spiro atoms. The van der Waals surface area contributed by atoms with E-state index in [2.05, 4.69) is 0 Å². The molecule has 0 aliphatic rings. The zero-order valence-corrected chi connectivity index (χ0v) is 13.1. The molecule has 0 unspecified atom stereocenters. The normalized spacial score (nSPS) is 10.2. The van der Waals surface area contributed by atoms with Gasteiger partial charge in [-0.3, -0.25) is 35.1 Å². The van der Waals surface area contributed by atoms with E-state index >= 15 is 0 Å². The van der Waals surface area contributed by atoms with Crippen LogP contribution < -0.4 is 5.32 Å². The molecule has 0 saturated carbocycles. The first-order valence-corrected chi connectivity index (χ1v) is 6.87. The molecule has 2 aromatic rings. The first-order valence-electron chi connectivity index (χ1n) is 6.49. The van der Waals surface area contributed by atoms with E-state index in [0.29, 0.717) is 18.2 Å². The number of nitro benzene ring substituents is 3. The van der Waals surface area contributed by atoms with Crippen LogP contribution in [0.15, 0.2) is 30.3 Å². The Balaban J connectivity index is 2.50. The summed E-state index contributed by atoms with van der Waals surface area (Å²) in [4.78, 5) is 41.9. The quantitative estimate of drug-likeness (QED) is 0.610. The van der Waals surface area contributed by atoms with Gasteiger partial charge in [-0.15, -0.1) is 0 Å². The number of nitrogens with zero attached hydrogens (tertiary/aromatic N) is 3. The van der Waals surface area contributed by atoms with Crippen molar-refractivity contribution >= 4 is 40.3 Å². The number of non-ortho nitro benzene ring substituents is 2. The van der Waals surface area contributed by atoms with Crippen LogP contribution in [-0.4, -0.2) is 20.7 Å². The molecule has 0 saturated heterocycles. The van der Waals surface area contributed by atoms with Gasteiger partial charge in [0.1, 0.15) is 10.8 Å². The minimum Gasteiger partial charge on any atom is -0.319 e. The van der Waals surface area contributed by atoms with Gasteiger partial charge in [0.05, 0.1) is 32.1 Å². The van der Waals surface area contributed by atoms with Crippen LogP contribution in [0.25, 0.3) is 0 Å². The minimum atomic E-state index is -1.22. The van der Waals surface area contributed by atoms with Crippen LogP contribution in [0.1, 0.15) is 10.4 Å². The van der Waals surface area contributed by atoms with Gasteiger partial charge < -0.3 is 5.32 Å². The highest BCUT2D eigenvalue weighted by atomic mass is 35.5. The number of amides is 1. The number of carbonyl (C=O) groups excluding carboxylic acids is 1. The largest absolute Gasteiger partial charge is 0.319 e. The summed E-state index contributed by atoms with van der Waals surface area (Å²) >= 11 is 5.74. The molecule has 2 rings (SSSR count). The number of benzene rings is 2. The second-order valence-electron chi connectivity index (χ2n) is 4.72. The molecule has 1 N–H and O–H groups in total. The van der Waals surface area contributed by atoms with Gasteiger partial charge in [-0.2, -0.15) is 0 Å². The molecule has 0 aliphatic heterocycles. The fourth-order valence-electron chi connectivity index (χ4n) is 1.91. The monoisotopic (exact) mass is 384 g/mol. The standard InChI is InChI=1S/C13H6ClFN4O7/c14-12-8(3-7(18(23)24)5-11(12)19(25)26)13(20)16-10-4-6(17(21)22)1-2-9(10)15/h1-5H,(H,16,20). The lowest BCUT2D eigenvalue weighted by Gasteiger charge is -2.08. The molecular weight excluding hydrogens is 379 g/mol. The third-order valence-electron chi connectivity index (χ3n) is 3.10. The van der Waals surface area contributed by atoms with Gasteiger partial charge >= 0.3 is 0 Å². The average molecular weight is 385 g/mol. The van der Waals surface area contributed by atoms with E-state index in [1.165, 1.54) is 0 Å². The summed E-state index contributed by atoms with van der Waals surface area (Å²) in [6.07, 6.45) is 0. The lowest BCUT2D eigenvalue weighted by atomic mass is 10.1. The smallest absolute Gasteiger partial charge is 0.295 e. The fourth-order valence-corrected chi connectivity index (χ4v) is 2.17. The van der Waals surface area contributed by atoms with Crippen molar-refractivity contribution in [3.05, 3.63) is 77.1 Å². The molecule has 0 heterocycles. The van der Waals surface area contributed by atoms with Crippen LogP contribution in [0, 0.1) is 36.2 Å². The summed E-state index contributed by atoms with van der Waals surface area (Å²) < 4.78 is 13.7. The van der Waals surface area contributed by atoms with Crippen LogP contribution >= 0.6 is 11.6 Å². The van der Waals surface area contributed by atoms with Gasteiger partial charge in [0.15, 0.2) is 0 Å². The van der Waals surface area contributed by atoms with Crippen molar-refractivity contribution < 1.29 is 24.0 Å². The molecule has 0 atom stereocenters. The first kappa shape index (κ1) is 18.7. The molecule has 26 heavy (non-hydrogen) atoms. The summed E-state index contributed by atoms with van der Waals surface area (Å²) in [5.74, 6) is -2.25. The molecule has 134 valence electrons. The van der Waals surface area contributed by atoms with E-state index < -0.39 is 59.8 Å². The number of nitro groups is 3. The number of carbonyl (C=O) groups is 1. The fraction of sp³-hybridized carbons (Fsp3) is 0. The Morgan fingerprint density at radius 3 is 2.12 bits per heavy atom. The van der Waals surface area contributed by atoms with Crippen molar-refractivity contribution in [3.63, 3.8) is 0 Å². The van der Waals surface area contributed by atoms with E-state index in [9.17, 15) is 39.5 Å². The molecule has 0 aromatic heterocycles. The van der Waals surface area contributed by atoms with E-state index in [1.807, 2.05) is 5.32 Å². The van der Waals surface area contributed by atoms with Gasteiger partial charge in [-0.1, -0.05) is 11.6 Å². The highest BCUT2D eigenvalue weighted by molar-refractivity contribution is 6.36. The second-order valence-corrected chi connectivity index (χ2v) is 5.09. The number of halogens is 2. The summed E-state index contributed by atoms with van der Waals surface area (Å²) in [6, 6.07) is 3.53. The Morgan fingerprint density at radius 2 is 1.58 bits per heavy atom. The Morgan fingerprint density at radius 1 is 0.962 bits per heavy atom. The third kappa shape index (κ3) is 3.70. The Kier molecular flexibility index (Phi) is 5.07.